The van der Waals surface area contributed by atoms with Crippen molar-refractivity contribution >= 4 is 40.9 Å². The van der Waals surface area contributed by atoms with Gasteiger partial charge in [0, 0.05) is 22.4 Å². The predicted octanol–water partition coefficient (Wildman–Crippen LogP) is 2.28. The molecule has 2 N–H and O–H groups in total. The average molecular weight is 491 g/mol. The second kappa shape index (κ2) is 8.57. The summed E-state index contributed by atoms with van der Waals surface area (Å²) in [5.74, 6) is -2.24. The molecule has 2 amide bonds. The van der Waals surface area contributed by atoms with Gasteiger partial charge in [0.15, 0.2) is 5.71 Å². The van der Waals surface area contributed by atoms with Crippen molar-refractivity contribution < 1.29 is 29.3 Å². The maximum absolute atomic E-state index is 13.2. The molecule has 3 fully saturated rings. The van der Waals surface area contributed by atoms with Gasteiger partial charge in [0.2, 0.25) is 5.91 Å². The van der Waals surface area contributed by atoms with Crippen LogP contribution in [0.3, 0.4) is 0 Å². The Morgan fingerprint density at radius 2 is 1.85 bits per heavy atom. The number of rotatable bonds is 7. The molecule has 1 aliphatic carbocycles. The van der Waals surface area contributed by atoms with Crippen molar-refractivity contribution in [2.75, 3.05) is 0 Å². The third kappa shape index (κ3) is 4.22. The number of non-ortho nitro benzene ring substituents is 1. The minimum absolute atomic E-state index is 0.105. The molecule has 2 aliphatic heterocycles. The summed E-state index contributed by atoms with van der Waals surface area (Å²) in [7, 11) is 0. The molecule has 1 saturated carbocycles. The van der Waals surface area contributed by atoms with Gasteiger partial charge >= 0.3 is 5.97 Å². The van der Waals surface area contributed by atoms with Crippen molar-refractivity contribution in [2.45, 2.75) is 74.3 Å². The normalized spacial score (nSPS) is 27.0. The van der Waals surface area contributed by atoms with Gasteiger partial charge in [0.1, 0.15) is 23.1 Å². The van der Waals surface area contributed by atoms with Crippen LogP contribution >= 0.6 is 11.8 Å². The Hall–Kier alpha value is -3.15. The third-order valence-corrected chi connectivity index (χ3v) is 8.12. The van der Waals surface area contributed by atoms with E-state index >= 15 is 0 Å². The van der Waals surface area contributed by atoms with Crippen LogP contribution in [0.4, 0.5) is 5.69 Å². The van der Waals surface area contributed by atoms with Crippen LogP contribution in [0.1, 0.15) is 52.0 Å². The third-order valence-electron chi connectivity index (χ3n) is 6.55. The highest BCUT2D eigenvalue weighted by Crippen LogP contribution is 2.50. The van der Waals surface area contributed by atoms with Crippen LogP contribution in [-0.4, -0.2) is 66.2 Å². The number of benzene rings is 1. The van der Waals surface area contributed by atoms with Gasteiger partial charge in [-0.1, -0.05) is 5.16 Å². The van der Waals surface area contributed by atoms with E-state index < -0.39 is 50.5 Å². The van der Waals surface area contributed by atoms with E-state index in [0.717, 1.165) is 25.7 Å². The molecule has 2 heterocycles. The van der Waals surface area contributed by atoms with Gasteiger partial charge in [-0.05, 0) is 58.6 Å². The van der Waals surface area contributed by atoms with Crippen LogP contribution in [0.2, 0.25) is 0 Å². The van der Waals surface area contributed by atoms with Gasteiger partial charge in [-0.15, -0.1) is 11.8 Å². The fourth-order valence-corrected chi connectivity index (χ4v) is 6.32. The minimum atomic E-state index is -1.09. The van der Waals surface area contributed by atoms with Gasteiger partial charge in [0.05, 0.1) is 4.92 Å². The zero-order valence-corrected chi connectivity index (χ0v) is 19.8. The van der Waals surface area contributed by atoms with Gasteiger partial charge in [-0.25, -0.2) is 4.79 Å². The Morgan fingerprint density at radius 1 is 1.24 bits per heavy atom. The number of carboxylic acids is 1. The van der Waals surface area contributed by atoms with Crippen molar-refractivity contribution in [1.29, 1.82) is 0 Å². The highest BCUT2D eigenvalue weighted by atomic mass is 32.2. The Balaban J connectivity index is 1.57. The lowest BCUT2D eigenvalue weighted by Crippen LogP contribution is -2.71. The highest BCUT2D eigenvalue weighted by molar-refractivity contribution is 8.01. The molecule has 182 valence electrons. The van der Waals surface area contributed by atoms with Crippen molar-refractivity contribution in [3.8, 4) is 0 Å². The number of oxime groups is 1. The molecule has 12 heteroatoms. The molecule has 0 radical (unpaired) electrons. The maximum Gasteiger partial charge on any atom is 0.327 e. The molecule has 34 heavy (non-hydrogen) atoms. The largest absolute Gasteiger partial charge is 0.480 e. The summed E-state index contributed by atoms with van der Waals surface area (Å²) in [5.41, 5.74) is -0.459. The monoisotopic (exact) mass is 490 g/mol. The molecule has 3 atom stereocenters. The fourth-order valence-electron chi connectivity index (χ4n) is 4.69. The summed E-state index contributed by atoms with van der Waals surface area (Å²) in [6.07, 6.45) is 3.53. The van der Waals surface area contributed by atoms with E-state index in [4.69, 9.17) is 4.84 Å². The number of carboxylic acid groups (broad SMARTS) is 1. The van der Waals surface area contributed by atoms with Crippen molar-refractivity contribution in [3.63, 3.8) is 0 Å². The number of nitro groups is 1. The lowest BCUT2D eigenvalue weighted by molar-refractivity contribution is -0.384. The molecular formula is C22H26N4O7S. The topological polar surface area (TPSA) is 151 Å². The first kappa shape index (κ1) is 24.0. The van der Waals surface area contributed by atoms with Crippen LogP contribution in [0.25, 0.3) is 0 Å². The molecular weight excluding hydrogens is 464 g/mol. The molecule has 3 aliphatic rings. The van der Waals surface area contributed by atoms with E-state index in [1.165, 1.54) is 40.9 Å². The summed E-state index contributed by atoms with van der Waals surface area (Å²) in [5, 5.41) is 26.9. The number of aliphatic carboxylic acids is 1. The number of carbonyl (C=O) groups excluding carboxylic acids is 2. The molecule has 0 unspecified atom stereocenters. The van der Waals surface area contributed by atoms with Crippen LogP contribution in [0.15, 0.2) is 29.4 Å². The van der Waals surface area contributed by atoms with E-state index in [2.05, 4.69) is 10.5 Å². The molecule has 4 rings (SSSR count). The number of β-lactam (4-membered cyclic amide) rings is 1. The average Bonchev–Trinajstić information content (AvgIpc) is 3.31. The SMILES string of the molecule is CC1(O/N=C(\C(=O)N[C@@H]2C(=O)N3[C@@H]2SC(C)(C)[C@@H]3C(=O)O)c2ccc([N+](=O)[O-])cc2)CCCC1. The lowest BCUT2D eigenvalue weighted by Gasteiger charge is -2.43. The Bertz CT molecular complexity index is 1070. The Morgan fingerprint density at radius 3 is 2.41 bits per heavy atom. The first-order chi connectivity index (χ1) is 15.9. The van der Waals surface area contributed by atoms with E-state index in [1.807, 2.05) is 6.92 Å². The van der Waals surface area contributed by atoms with Crippen molar-refractivity contribution in [2.24, 2.45) is 5.16 Å². The Labute approximate surface area is 200 Å². The van der Waals surface area contributed by atoms with E-state index in [0.29, 0.717) is 5.56 Å². The van der Waals surface area contributed by atoms with Gasteiger partial charge in [-0.2, -0.15) is 0 Å². The predicted molar refractivity (Wildman–Crippen MR) is 123 cm³/mol. The number of nitrogens with one attached hydrogen (secondary N) is 1. The number of nitrogens with zero attached hydrogens (tertiary/aromatic N) is 3. The number of thioether (sulfide) groups is 1. The standard InChI is InChI=1S/C22H26N4O7S/c1-21(2)16(20(29)30)25-18(28)15(19(25)34-21)23-17(27)14(24-33-22(3)10-4-5-11-22)12-6-8-13(9-7-12)26(31)32/h6-9,15-16,19H,4-5,10-11H2,1-3H3,(H,23,27)(H,29,30)/b24-14-/t15-,16+,19-/m1/s1. The molecule has 11 nitrogen and oxygen atoms in total. The van der Waals surface area contributed by atoms with Gasteiger partial charge < -0.3 is 20.2 Å². The highest BCUT2D eigenvalue weighted by Gasteiger charge is 2.64. The number of amides is 2. The number of carbonyl (C=O) groups is 3. The molecule has 0 aromatic heterocycles. The van der Waals surface area contributed by atoms with E-state index in [-0.39, 0.29) is 11.4 Å². The van der Waals surface area contributed by atoms with E-state index in [9.17, 15) is 29.6 Å². The van der Waals surface area contributed by atoms with Gasteiger partial charge in [0.25, 0.3) is 11.6 Å². The van der Waals surface area contributed by atoms with Crippen molar-refractivity contribution in [1.82, 2.24) is 10.2 Å². The second-order valence-electron chi connectivity index (χ2n) is 9.54. The first-order valence-corrected chi connectivity index (χ1v) is 11.9. The number of hydrogen-bond donors (Lipinski definition) is 2. The number of nitro benzene ring substituents is 1. The summed E-state index contributed by atoms with van der Waals surface area (Å²) in [4.78, 5) is 55.2. The Kier molecular flexibility index (Phi) is 6.05. The molecule has 0 bridgehead atoms. The second-order valence-corrected chi connectivity index (χ2v) is 11.3. The molecule has 0 spiro atoms. The summed E-state index contributed by atoms with van der Waals surface area (Å²) >= 11 is 1.32. The summed E-state index contributed by atoms with van der Waals surface area (Å²) in [6, 6.07) is 3.43. The number of hydrogen-bond acceptors (Lipinski definition) is 8. The zero-order valence-electron chi connectivity index (χ0n) is 19.0. The quantitative estimate of drug-likeness (QED) is 0.256. The van der Waals surface area contributed by atoms with Crippen LogP contribution < -0.4 is 5.32 Å². The minimum Gasteiger partial charge on any atom is -0.480 e. The van der Waals surface area contributed by atoms with E-state index in [1.54, 1.807) is 13.8 Å². The molecule has 1 aromatic rings. The van der Waals surface area contributed by atoms with Gasteiger partial charge in [-0.3, -0.25) is 19.7 Å². The van der Waals surface area contributed by atoms with Crippen molar-refractivity contribution in [3.05, 3.63) is 39.9 Å². The zero-order chi connectivity index (χ0) is 24.8. The van der Waals surface area contributed by atoms with Crippen LogP contribution in [0.5, 0.6) is 0 Å². The molecule has 1 aromatic carbocycles. The summed E-state index contributed by atoms with van der Waals surface area (Å²) < 4.78 is -0.721. The fraction of sp³-hybridized carbons (Fsp3) is 0.545. The lowest BCUT2D eigenvalue weighted by atomic mass is 9.96. The summed E-state index contributed by atoms with van der Waals surface area (Å²) in [6.45, 7) is 5.41. The first-order valence-electron chi connectivity index (χ1n) is 11.0. The van der Waals surface area contributed by atoms with Crippen LogP contribution in [0, 0.1) is 10.1 Å². The smallest absolute Gasteiger partial charge is 0.327 e. The number of fused-ring (bicyclic) bond motifs is 1. The molecule has 2 saturated heterocycles. The van der Waals surface area contributed by atoms with Crippen LogP contribution in [-0.2, 0) is 19.2 Å². The maximum atomic E-state index is 13.2.